The van der Waals surface area contributed by atoms with Crippen LogP contribution in [0.3, 0.4) is 0 Å². The van der Waals surface area contributed by atoms with E-state index in [1.807, 2.05) is 6.07 Å². The van der Waals surface area contributed by atoms with Crippen molar-refractivity contribution in [1.29, 1.82) is 0 Å². The topological polar surface area (TPSA) is 69.6 Å². The van der Waals surface area contributed by atoms with Crippen molar-refractivity contribution >= 4 is 17.8 Å². The van der Waals surface area contributed by atoms with E-state index in [9.17, 15) is 9.59 Å². The molecule has 27 heavy (non-hydrogen) atoms. The number of rotatable bonds is 5. The summed E-state index contributed by atoms with van der Waals surface area (Å²) >= 11 is 0. The Morgan fingerprint density at radius 1 is 1.00 bits per heavy atom. The lowest BCUT2D eigenvalue weighted by atomic mass is 9.82. The van der Waals surface area contributed by atoms with Gasteiger partial charge in [0.25, 0.3) is 0 Å². The third kappa shape index (κ3) is 3.74. The fraction of sp³-hybridized carbons (Fsp3) is 0.600. The molecule has 0 N–H and O–H groups in total. The zero-order valence-corrected chi connectivity index (χ0v) is 15.9. The van der Waals surface area contributed by atoms with E-state index in [1.54, 1.807) is 12.4 Å². The second-order valence-corrected chi connectivity index (χ2v) is 7.76. The maximum absolute atomic E-state index is 12.6. The van der Waals surface area contributed by atoms with E-state index in [-0.39, 0.29) is 23.7 Å². The molecule has 1 aliphatic carbocycles. The monoisotopic (exact) mass is 369 g/mol. The van der Waals surface area contributed by atoms with Gasteiger partial charge in [-0.3, -0.25) is 19.4 Å². The molecule has 2 unspecified atom stereocenters. The molecule has 3 heterocycles. The molecule has 2 atom stereocenters. The summed E-state index contributed by atoms with van der Waals surface area (Å²) in [7, 11) is 0. The van der Waals surface area contributed by atoms with Gasteiger partial charge < -0.3 is 4.90 Å². The lowest BCUT2D eigenvalue weighted by Crippen LogP contribution is -2.47. The first-order valence-electron chi connectivity index (χ1n) is 9.88. The van der Waals surface area contributed by atoms with Gasteiger partial charge in [-0.2, -0.15) is 0 Å². The van der Waals surface area contributed by atoms with Crippen LogP contribution < -0.4 is 4.90 Å². The number of hydrogen-bond acceptors (Lipinski definition) is 6. The Morgan fingerprint density at radius 3 is 2.44 bits per heavy atom. The lowest BCUT2D eigenvalue weighted by Gasteiger charge is -2.34. The molecule has 3 aliphatic rings. The smallest absolute Gasteiger partial charge is 0.233 e. The van der Waals surface area contributed by atoms with E-state index in [0.29, 0.717) is 6.54 Å². The van der Waals surface area contributed by atoms with Crippen molar-refractivity contribution in [1.82, 2.24) is 19.8 Å². The number of nitrogens with zero attached hydrogens (tertiary/aromatic N) is 5. The molecule has 7 nitrogen and oxygen atoms in total. The highest BCUT2D eigenvalue weighted by Crippen LogP contribution is 2.37. The van der Waals surface area contributed by atoms with E-state index in [0.717, 1.165) is 57.9 Å². The molecule has 2 aliphatic heterocycles. The highest BCUT2D eigenvalue weighted by molar-refractivity contribution is 6.05. The van der Waals surface area contributed by atoms with Gasteiger partial charge in [0.05, 0.1) is 11.8 Å². The number of fused-ring (bicyclic) bond motifs is 1. The minimum atomic E-state index is -0.115. The van der Waals surface area contributed by atoms with Gasteiger partial charge in [0, 0.05) is 45.1 Å². The highest BCUT2D eigenvalue weighted by atomic mass is 16.2. The molecule has 1 aromatic rings. The summed E-state index contributed by atoms with van der Waals surface area (Å²) in [6.07, 6.45) is 7.97. The average Bonchev–Trinajstić information content (AvgIpc) is 2.93. The molecule has 0 radical (unpaired) electrons. The van der Waals surface area contributed by atoms with Crippen molar-refractivity contribution in [3.05, 3.63) is 30.1 Å². The van der Waals surface area contributed by atoms with Crippen molar-refractivity contribution < 1.29 is 9.59 Å². The van der Waals surface area contributed by atoms with Crippen LogP contribution in [0.15, 0.2) is 30.1 Å². The highest BCUT2D eigenvalue weighted by Gasteiger charge is 2.47. The van der Waals surface area contributed by atoms with Crippen LogP contribution in [0.25, 0.3) is 0 Å². The standard InChI is InChI=1S/C20H27N5O2/c1-15-4-5-16-17(14-15)19(27)25(18(16)26)9-3-8-23-10-12-24(13-11-23)20-21-6-2-7-22-20/h2,4,6-7,16-17H,3,5,8-14H2,1H3. The van der Waals surface area contributed by atoms with E-state index in [4.69, 9.17) is 0 Å². The Morgan fingerprint density at radius 2 is 1.70 bits per heavy atom. The van der Waals surface area contributed by atoms with Crippen molar-refractivity contribution in [2.45, 2.75) is 26.2 Å². The summed E-state index contributed by atoms with van der Waals surface area (Å²) < 4.78 is 0. The molecule has 2 saturated heterocycles. The fourth-order valence-electron chi connectivity index (χ4n) is 4.40. The van der Waals surface area contributed by atoms with Crippen molar-refractivity contribution in [3.8, 4) is 0 Å². The van der Waals surface area contributed by atoms with Crippen LogP contribution in [0.4, 0.5) is 5.95 Å². The maximum Gasteiger partial charge on any atom is 0.233 e. The van der Waals surface area contributed by atoms with Gasteiger partial charge >= 0.3 is 0 Å². The molecule has 0 saturated carbocycles. The predicted molar refractivity (Wildman–Crippen MR) is 102 cm³/mol. The largest absolute Gasteiger partial charge is 0.338 e. The molecular formula is C20H27N5O2. The summed E-state index contributed by atoms with van der Waals surface area (Å²) in [4.78, 5) is 39.9. The first kappa shape index (κ1) is 18.1. The molecule has 4 rings (SSSR count). The Bertz CT molecular complexity index is 727. The molecule has 7 heteroatoms. The maximum atomic E-state index is 12.6. The van der Waals surface area contributed by atoms with Crippen LogP contribution in [-0.2, 0) is 9.59 Å². The van der Waals surface area contributed by atoms with Crippen LogP contribution in [0.2, 0.25) is 0 Å². The summed E-state index contributed by atoms with van der Waals surface area (Å²) in [6, 6.07) is 1.83. The molecule has 1 aromatic heterocycles. The van der Waals surface area contributed by atoms with Crippen molar-refractivity contribution in [3.63, 3.8) is 0 Å². The quantitative estimate of drug-likeness (QED) is 0.576. The zero-order valence-electron chi connectivity index (χ0n) is 15.9. The molecule has 0 bridgehead atoms. The Kier molecular flexibility index (Phi) is 5.20. The third-order valence-electron chi connectivity index (χ3n) is 5.98. The lowest BCUT2D eigenvalue weighted by molar-refractivity contribution is -0.140. The minimum Gasteiger partial charge on any atom is -0.338 e. The van der Waals surface area contributed by atoms with Crippen LogP contribution in [0.5, 0.6) is 0 Å². The molecule has 2 fully saturated rings. The van der Waals surface area contributed by atoms with Crippen LogP contribution >= 0.6 is 0 Å². The summed E-state index contributed by atoms with van der Waals surface area (Å²) in [6.45, 7) is 7.22. The SMILES string of the molecule is CC1=CCC2C(=O)N(CCCN3CCN(c4ncccn4)CC3)C(=O)C2C1. The molecule has 144 valence electrons. The van der Waals surface area contributed by atoms with Gasteiger partial charge in [-0.15, -0.1) is 0 Å². The van der Waals surface area contributed by atoms with Gasteiger partial charge in [-0.25, -0.2) is 9.97 Å². The summed E-state index contributed by atoms with van der Waals surface area (Å²) in [5.74, 6) is 0.646. The van der Waals surface area contributed by atoms with Gasteiger partial charge in [-0.1, -0.05) is 11.6 Å². The van der Waals surface area contributed by atoms with Gasteiger partial charge in [-0.05, 0) is 38.8 Å². The Balaban J connectivity index is 1.23. The van der Waals surface area contributed by atoms with Crippen molar-refractivity contribution in [2.24, 2.45) is 11.8 Å². The molecule has 0 spiro atoms. The van der Waals surface area contributed by atoms with Gasteiger partial charge in [0.2, 0.25) is 17.8 Å². The second-order valence-electron chi connectivity index (χ2n) is 7.76. The normalized spacial score (nSPS) is 26.3. The van der Waals surface area contributed by atoms with E-state index in [2.05, 4.69) is 32.8 Å². The number of hydrogen-bond donors (Lipinski definition) is 0. The Labute approximate surface area is 160 Å². The van der Waals surface area contributed by atoms with Crippen LogP contribution in [0.1, 0.15) is 26.2 Å². The molecule has 0 aromatic carbocycles. The zero-order chi connectivity index (χ0) is 18.8. The van der Waals surface area contributed by atoms with Gasteiger partial charge in [0.1, 0.15) is 0 Å². The van der Waals surface area contributed by atoms with E-state index in [1.165, 1.54) is 10.5 Å². The number of carbonyl (C=O) groups is 2. The summed E-state index contributed by atoms with van der Waals surface area (Å²) in [5.41, 5.74) is 1.24. The first-order valence-corrected chi connectivity index (χ1v) is 9.88. The Hall–Kier alpha value is -2.28. The average molecular weight is 369 g/mol. The number of piperazine rings is 1. The van der Waals surface area contributed by atoms with Crippen LogP contribution in [-0.4, -0.2) is 70.9 Å². The van der Waals surface area contributed by atoms with E-state index < -0.39 is 0 Å². The van der Waals surface area contributed by atoms with Crippen LogP contribution in [0, 0.1) is 11.8 Å². The van der Waals surface area contributed by atoms with Gasteiger partial charge in [0.15, 0.2) is 0 Å². The minimum absolute atomic E-state index is 0.0415. The number of imide groups is 1. The number of aromatic nitrogens is 2. The number of likely N-dealkylation sites (tertiary alicyclic amines) is 1. The number of anilines is 1. The predicted octanol–water partition coefficient (Wildman–Crippen LogP) is 1.33. The number of amides is 2. The van der Waals surface area contributed by atoms with Crippen molar-refractivity contribution in [2.75, 3.05) is 44.2 Å². The molecule has 2 amide bonds. The third-order valence-corrected chi connectivity index (χ3v) is 5.98. The number of allylic oxidation sites excluding steroid dienone is 2. The number of carbonyl (C=O) groups excluding carboxylic acids is 2. The molecular weight excluding hydrogens is 342 g/mol. The summed E-state index contributed by atoms with van der Waals surface area (Å²) in [5, 5.41) is 0. The first-order chi connectivity index (χ1) is 13.1. The van der Waals surface area contributed by atoms with E-state index >= 15 is 0 Å². The fourth-order valence-corrected chi connectivity index (χ4v) is 4.40. The second kappa shape index (κ2) is 7.76.